The van der Waals surface area contributed by atoms with E-state index in [1.54, 1.807) is 6.07 Å². The minimum Gasteiger partial charge on any atom is -0.507 e. The number of rotatable bonds is 2. The molecule has 0 heterocycles. The third-order valence-corrected chi connectivity index (χ3v) is 2.90. The van der Waals surface area contributed by atoms with Crippen molar-refractivity contribution >= 4 is 23.3 Å². The Kier molecular flexibility index (Phi) is 6.42. The van der Waals surface area contributed by atoms with E-state index in [0.29, 0.717) is 5.69 Å². The summed E-state index contributed by atoms with van der Waals surface area (Å²) < 4.78 is 8.83. The molecule has 6 N–H and O–H groups in total. The van der Waals surface area contributed by atoms with Gasteiger partial charge in [-0.05, 0) is 24.3 Å². The Labute approximate surface area is 138 Å². The van der Waals surface area contributed by atoms with Crippen LogP contribution in [0.4, 0.5) is 11.4 Å². The second-order valence-electron chi connectivity index (χ2n) is 4.50. The Morgan fingerprint density at radius 2 is 1.50 bits per heavy atom. The van der Waals surface area contributed by atoms with E-state index in [4.69, 9.17) is 11.5 Å². The second kappa shape index (κ2) is 8.28. The van der Waals surface area contributed by atoms with Crippen molar-refractivity contribution in [2.75, 3.05) is 25.7 Å². The first-order valence-electron chi connectivity index (χ1n) is 6.64. The molecule has 0 radical (unpaired) electrons. The molecule has 0 spiro atoms. The van der Waals surface area contributed by atoms with Gasteiger partial charge in [-0.2, -0.15) is 0 Å². The summed E-state index contributed by atoms with van der Waals surface area (Å²) in [5.74, 6) is -1.57. The van der Waals surface area contributed by atoms with Crippen molar-refractivity contribution in [1.82, 2.24) is 0 Å². The number of phenols is 2. The van der Waals surface area contributed by atoms with Crippen LogP contribution in [0.25, 0.3) is 0 Å². The number of anilines is 2. The van der Waals surface area contributed by atoms with Crippen LogP contribution in [0.3, 0.4) is 0 Å². The zero-order valence-corrected chi connectivity index (χ0v) is 13.1. The van der Waals surface area contributed by atoms with Crippen LogP contribution in [0.5, 0.6) is 11.5 Å². The average Bonchev–Trinajstić information content (AvgIpc) is 2.56. The number of benzene rings is 2. The molecule has 24 heavy (non-hydrogen) atoms. The van der Waals surface area contributed by atoms with Gasteiger partial charge in [0.1, 0.15) is 16.9 Å². The van der Waals surface area contributed by atoms with Gasteiger partial charge in [0.2, 0.25) is 0 Å². The molecule has 0 aliphatic rings. The summed E-state index contributed by atoms with van der Waals surface area (Å²) in [5, 5.41) is 18.5. The van der Waals surface area contributed by atoms with Gasteiger partial charge in [-0.15, -0.1) is 0 Å². The molecule has 0 aliphatic heterocycles. The SMILES string of the molecule is COC(=O)c1ccc(N)cc1O.COC(=O)c1cccc(N)c1O. The van der Waals surface area contributed by atoms with Crippen molar-refractivity contribution < 1.29 is 29.3 Å². The van der Waals surface area contributed by atoms with Crippen LogP contribution < -0.4 is 11.5 Å². The fraction of sp³-hybridized carbons (Fsp3) is 0.125. The summed E-state index contributed by atoms with van der Waals surface area (Å²) in [7, 11) is 2.49. The molecular formula is C16H18N2O6. The Balaban J connectivity index is 0.000000240. The van der Waals surface area contributed by atoms with E-state index in [9.17, 15) is 19.8 Å². The Morgan fingerprint density at radius 1 is 0.917 bits per heavy atom. The van der Waals surface area contributed by atoms with Gasteiger partial charge in [-0.3, -0.25) is 0 Å². The third kappa shape index (κ3) is 4.54. The highest BCUT2D eigenvalue weighted by atomic mass is 16.5. The van der Waals surface area contributed by atoms with Crippen molar-refractivity contribution in [3.63, 3.8) is 0 Å². The zero-order valence-electron chi connectivity index (χ0n) is 13.1. The minimum atomic E-state index is -0.597. The first kappa shape index (κ1) is 18.6. The van der Waals surface area contributed by atoms with Crippen molar-refractivity contribution in [1.29, 1.82) is 0 Å². The number of carbonyl (C=O) groups is 2. The van der Waals surface area contributed by atoms with Gasteiger partial charge in [0, 0.05) is 11.8 Å². The topological polar surface area (TPSA) is 145 Å². The highest BCUT2D eigenvalue weighted by molar-refractivity contribution is 5.94. The van der Waals surface area contributed by atoms with Gasteiger partial charge < -0.3 is 31.2 Å². The van der Waals surface area contributed by atoms with Gasteiger partial charge in [0.25, 0.3) is 0 Å². The van der Waals surface area contributed by atoms with Gasteiger partial charge in [-0.25, -0.2) is 9.59 Å². The molecule has 128 valence electrons. The number of hydrogen-bond acceptors (Lipinski definition) is 8. The van der Waals surface area contributed by atoms with Crippen molar-refractivity contribution in [2.24, 2.45) is 0 Å². The van der Waals surface area contributed by atoms with E-state index in [0.717, 1.165) is 0 Å². The molecule has 0 atom stereocenters. The number of nitrogen functional groups attached to an aromatic ring is 2. The lowest BCUT2D eigenvalue weighted by Crippen LogP contribution is -2.02. The predicted molar refractivity (Wildman–Crippen MR) is 87.7 cm³/mol. The normalized spacial score (nSPS) is 9.42. The molecule has 8 heteroatoms. The Hall–Kier alpha value is -3.42. The molecule has 2 rings (SSSR count). The van der Waals surface area contributed by atoms with E-state index in [1.807, 2.05) is 0 Å². The standard InChI is InChI=1S/2C8H9NO3/c1-12-8(11)6-3-2-5(9)4-7(6)10;1-12-8(11)5-3-2-4-6(9)7(5)10/h2*2-4,10H,9H2,1H3. The molecule has 2 aromatic carbocycles. The number of nitrogens with two attached hydrogens (primary N) is 2. The molecule has 0 aromatic heterocycles. The number of para-hydroxylation sites is 1. The van der Waals surface area contributed by atoms with Crippen molar-refractivity contribution in [3.8, 4) is 11.5 Å². The maximum absolute atomic E-state index is 10.9. The maximum Gasteiger partial charge on any atom is 0.341 e. The number of hydrogen-bond donors (Lipinski definition) is 4. The highest BCUT2D eigenvalue weighted by Gasteiger charge is 2.12. The number of aromatic hydroxyl groups is 2. The van der Waals surface area contributed by atoms with Crippen molar-refractivity contribution in [3.05, 3.63) is 47.5 Å². The predicted octanol–water partition coefficient (Wildman–Crippen LogP) is 1.52. The first-order chi connectivity index (χ1) is 11.3. The fourth-order valence-corrected chi connectivity index (χ4v) is 1.67. The quantitative estimate of drug-likeness (QED) is 0.367. The maximum atomic E-state index is 10.9. The summed E-state index contributed by atoms with van der Waals surface area (Å²) in [6, 6.07) is 8.75. The lowest BCUT2D eigenvalue weighted by molar-refractivity contribution is 0.0588. The van der Waals surface area contributed by atoms with Crippen LogP contribution in [0, 0.1) is 0 Å². The molecule has 0 bridgehead atoms. The molecular weight excluding hydrogens is 316 g/mol. The smallest absolute Gasteiger partial charge is 0.341 e. The molecule has 0 saturated heterocycles. The van der Waals surface area contributed by atoms with Gasteiger partial charge in [-0.1, -0.05) is 6.07 Å². The van der Waals surface area contributed by atoms with E-state index in [-0.39, 0.29) is 28.3 Å². The average molecular weight is 334 g/mol. The van der Waals surface area contributed by atoms with E-state index < -0.39 is 11.9 Å². The molecule has 0 aliphatic carbocycles. The summed E-state index contributed by atoms with van der Waals surface area (Å²) in [6.45, 7) is 0. The minimum absolute atomic E-state index is 0.0810. The Morgan fingerprint density at radius 3 is 2.04 bits per heavy atom. The highest BCUT2D eigenvalue weighted by Crippen LogP contribution is 2.24. The van der Waals surface area contributed by atoms with Crippen LogP contribution in [-0.4, -0.2) is 36.4 Å². The monoisotopic (exact) mass is 334 g/mol. The molecule has 2 aromatic rings. The van der Waals surface area contributed by atoms with E-state index >= 15 is 0 Å². The van der Waals surface area contributed by atoms with Crippen LogP contribution >= 0.6 is 0 Å². The van der Waals surface area contributed by atoms with Crippen LogP contribution in [0.2, 0.25) is 0 Å². The lowest BCUT2D eigenvalue weighted by Gasteiger charge is -2.03. The fourth-order valence-electron chi connectivity index (χ4n) is 1.67. The number of ether oxygens (including phenoxy) is 2. The van der Waals surface area contributed by atoms with Crippen molar-refractivity contribution in [2.45, 2.75) is 0 Å². The van der Waals surface area contributed by atoms with Crippen LogP contribution in [-0.2, 0) is 9.47 Å². The van der Waals surface area contributed by atoms with Gasteiger partial charge in [0.05, 0.1) is 19.9 Å². The third-order valence-electron chi connectivity index (χ3n) is 2.90. The van der Waals surface area contributed by atoms with Crippen LogP contribution in [0.15, 0.2) is 36.4 Å². The number of phenolic OH excluding ortho intramolecular Hbond substituents is 2. The second-order valence-corrected chi connectivity index (χ2v) is 4.50. The number of carbonyl (C=O) groups excluding carboxylic acids is 2. The van der Waals surface area contributed by atoms with E-state index in [2.05, 4.69) is 9.47 Å². The first-order valence-corrected chi connectivity index (χ1v) is 6.64. The molecule has 0 unspecified atom stereocenters. The molecule has 0 saturated carbocycles. The summed E-state index contributed by atoms with van der Waals surface area (Å²) in [6.07, 6.45) is 0. The lowest BCUT2D eigenvalue weighted by atomic mass is 10.2. The van der Waals surface area contributed by atoms with Gasteiger partial charge >= 0.3 is 11.9 Å². The summed E-state index contributed by atoms with van der Waals surface area (Å²) in [4.78, 5) is 21.9. The molecule has 8 nitrogen and oxygen atoms in total. The summed E-state index contributed by atoms with van der Waals surface area (Å²) in [5.41, 5.74) is 11.5. The largest absolute Gasteiger partial charge is 0.507 e. The Bertz CT molecular complexity index is 745. The van der Waals surface area contributed by atoms with Crippen LogP contribution in [0.1, 0.15) is 20.7 Å². The number of esters is 2. The zero-order chi connectivity index (χ0) is 18.3. The summed E-state index contributed by atoms with van der Waals surface area (Å²) >= 11 is 0. The molecule has 0 amide bonds. The molecule has 0 fully saturated rings. The number of methoxy groups -OCH3 is 2. The van der Waals surface area contributed by atoms with E-state index in [1.165, 1.54) is 44.6 Å². The van der Waals surface area contributed by atoms with Gasteiger partial charge in [0.15, 0.2) is 5.75 Å².